The van der Waals surface area contributed by atoms with E-state index in [1.165, 1.54) is 12.8 Å². The third-order valence-corrected chi connectivity index (χ3v) is 5.30. The van der Waals surface area contributed by atoms with Crippen LogP contribution in [0, 0.1) is 5.92 Å². The van der Waals surface area contributed by atoms with Gasteiger partial charge >= 0.3 is 5.97 Å². The summed E-state index contributed by atoms with van der Waals surface area (Å²) in [6.45, 7) is 8.48. The van der Waals surface area contributed by atoms with Gasteiger partial charge < -0.3 is 10.4 Å². The van der Waals surface area contributed by atoms with Crippen molar-refractivity contribution < 1.29 is 9.90 Å². The lowest BCUT2D eigenvalue weighted by Gasteiger charge is -2.42. The Hall–Kier alpha value is -0.610. The molecule has 110 valence electrons. The first-order valence-electron chi connectivity index (χ1n) is 7.74. The van der Waals surface area contributed by atoms with Crippen LogP contribution < -0.4 is 5.32 Å². The molecular weight excluding hydrogens is 240 g/mol. The molecule has 1 heterocycles. The van der Waals surface area contributed by atoms with Crippen LogP contribution in [0.4, 0.5) is 0 Å². The lowest BCUT2D eigenvalue weighted by molar-refractivity contribution is -0.144. The summed E-state index contributed by atoms with van der Waals surface area (Å²) in [6.07, 6.45) is 5.09. The number of nitrogens with zero attached hydrogens (tertiary/aromatic N) is 1. The first kappa shape index (κ1) is 14.8. The quantitative estimate of drug-likeness (QED) is 0.820. The second kappa shape index (κ2) is 5.80. The molecule has 4 unspecified atom stereocenters. The van der Waals surface area contributed by atoms with Gasteiger partial charge in [-0.2, -0.15) is 0 Å². The molecule has 0 aromatic rings. The summed E-state index contributed by atoms with van der Waals surface area (Å²) in [5.74, 6) is 0.0577. The highest BCUT2D eigenvalue weighted by molar-refractivity contribution is 5.79. The second-order valence-electron chi connectivity index (χ2n) is 6.41. The van der Waals surface area contributed by atoms with Gasteiger partial charge in [0.2, 0.25) is 0 Å². The van der Waals surface area contributed by atoms with E-state index in [9.17, 15) is 9.90 Å². The van der Waals surface area contributed by atoms with Crippen LogP contribution in [0.15, 0.2) is 0 Å². The summed E-state index contributed by atoms with van der Waals surface area (Å²) in [6, 6.07) is 1.03. The second-order valence-corrected chi connectivity index (χ2v) is 6.41. The third-order valence-electron chi connectivity index (χ3n) is 5.30. The largest absolute Gasteiger partial charge is 0.480 e. The Kier molecular flexibility index (Phi) is 4.51. The fourth-order valence-corrected chi connectivity index (χ4v) is 3.95. The van der Waals surface area contributed by atoms with E-state index < -0.39 is 11.5 Å². The van der Waals surface area contributed by atoms with E-state index >= 15 is 0 Å². The number of piperidine rings is 1. The molecule has 4 nitrogen and oxygen atoms in total. The molecule has 0 aromatic carbocycles. The average molecular weight is 268 g/mol. The van der Waals surface area contributed by atoms with E-state index in [-0.39, 0.29) is 0 Å². The van der Waals surface area contributed by atoms with Crippen molar-refractivity contribution in [2.75, 3.05) is 13.1 Å². The zero-order valence-corrected chi connectivity index (χ0v) is 12.5. The minimum atomic E-state index is -0.681. The van der Waals surface area contributed by atoms with E-state index in [1.807, 2.05) is 6.92 Å². The number of rotatable bonds is 4. The molecule has 1 saturated heterocycles. The topological polar surface area (TPSA) is 52.6 Å². The lowest BCUT2D eigenvalue weighted by atomic mass is 9.90. The van der Waals surface area contributed by atoms with Crippen LogP contribution in [0.2, 0.25) is 0 Å². The van der Waals surface area contributed by atoms with Crippen molar-refractivity contribution in [3.8, 4) is 0 Å². The Morgan fingerprint density at radius 1 is 1.42 bits per heavy atom. The minimum absolute atomic E-state index is 0.438. The van der Waals surface area contributed by atoms with Crippen LogP contribution in [0.3, 0.4) is 0 Å². The normalized spacial score (nSPS) is 40.5. The van der Waals surface area contributed by atoms with Gasteiger partial charge in [-0.25, -0.2) is 0 Å². The number of nitrogens with one attached hydrogen (secondary N) is 1. The van der Waals surface area contributed by atoms with Gasteiger partial charge in [-0.3, -0.25) is 9.69 Å². The van der Waals surface area contributed by atoms with Crippen molar-refractivity contribution in [3.05, 3.63) is 0 Å². The van der Waals surface area contributed by atoms with Crippen LogP contribution in [-0.2, 0) is 4.79 Å². The molecule has 2 aliphatic rings. The number of likely N-dealkylation sites (tertiary alicyclic amines) is 1. The monoisotopic (exact) mass is 268 g/mol. The molecule has 0 aromatic heterocycles. The fraction of sp³-hybridized carbons (Fsp3) is 0.933. The van der Waals surface area contributed by atoms with Gasteiger partial charge in [0.15, 0.2) is 0 Å². The Labute approximate surface area is 116 Å². The molecule has 4 atom stereocenters. The first-order valence-corrected chi connectivity index (χ1v) is 7.74. The van der Waals surface area contributed by atoms with Crippen molar-refractivity contribution in [2.45, 2.75) is 70.5 Å². The van der Waals surface area contributed by atoms with Crippen molar-refractivity contribution >= 4 is 5.97 Å². The van der Waals surface area contributed by atoms with Crippen molar-refractivity contribution in [1.82, 2.24) is 10.2 Å². The SMILES string of the molecule is CCNC1(C(=O)O)CCC(N2CCCC(C)C2C)C1. The number of hydrogen-bond acceptors (Lipinski definition) is 3. The zero-order chi connectivity index (χ0) is 14.0. The summed E-state index contributed by atoms with van der Waals surface area (Å²) in [4.78, 5) is 14.2. The van der Waals surface area contributed by atoms with Gasteiger partial charge in [-0.15, -0.1) is 0 Å². The Morgan fingerprint density at radius 3 is 2.79 bits per heavy atom. The molecule has 4 heteroatoms. The van der Waals surface area contributed by atoms with E-state index in [2.05, 4.69) is 24.1 Å². The van der Waals surface area contributed by atoms with Crippen LogP contribution in [0.1, 0.15) is 52.9 Å². The zero-order valence-electron chi connectivity index (χ0n) is 12.5. The minimum Gasteiger partial charge on any atom is -0.480 e. The average Bonchev–Trinajstić information content (AvgIpc) is 2.79. The standard InChI is InChI=1S/C15H28N2O2/c1-4-16-15(14(18)19)8-7-13(10-15)17-9-5-6-11(2)12(17)3/h11-13,16H,4-10H2,1-3H3,(H,18,19). The van der Waals surface area contributed by atoms with Crippen LogP contribution in [0.25, 0.3) is 0 Å². The van der Waals surface area contributed by atoms with Crippen molar-refractivity contribution in [1.29, 1.82) is 0 Å². The van der Waals surface area contributed by atoms with Crippen LogP contribution in [0.5, 0.6) is 0 Å². The number of hydrogen-bond donors (Lipinski definition) is 2. The van der Waals surface area contributed by atoms with E-state index in [0.717, 1.165) is 38.3 Å². The molecule has 0 bridgehead atoms. The van der Waals surface area contributed by atoms with Crippen molar-refractivity contribution in [2.24, 2.45) is 5.92 Å². The van der Waals surface area contributed by atoms with Gasteiger partial charge in [0.1, 0.15) is 5.54 Å². The maximum Gasteiger partial charge on any atom is 0.323 e. The van der Waals surface area contributed by atoms with Gasteiger partial charge in [0, 0.05) is 12.1 Å². The highest BCUT2D eigenvalue weighted by Crippen LogP contribution is 2.37. The van der Waals surface area contributed by atoms with Crippen molar-refractivity contribution in [3.63, 3.8) is 0 Å². The number of carboxylic acid groups (broad SMARTS) is 1. The molecule has 1 aliphatic carbocycles. The van der Waals surface area contributed by atoms with Gasteiger partial charge in [0.05, 0.1) is 0 Å². The smallest absolute Gasteiger partial charge is 0.323 e. The highest BCUT2D eigenvalue weighted by atomic mass is 16.4. The number of likely N-dealkylation sites (N-methyl/N-ethyl adjacent to an activating group) is 1. The lowest BCUT2D eigenvalue weighted by Crippen LogP contribution is -2.53. The predicted molar refractivity (Wildman–Crippen MR) is 76.2 cm³/mol. The molecule has 2 fully saturated rings. The number of carboxylic acids is 1. The van der Waals surface area contributed by atoms with E-state index in [1.54, 1.807) is 0 Å². The van der Waals surface area contributed by atoms with E-state index in [4.69, 9.17) is 0 Å². The molecule has 1 aliphatic heterocycles. The molecule has 19 heavy (non-hydrogen) atoms. The Bertz CT molecular complexity index is 334. The molecule has 0 radical (unpaired) electrons. The Morgan fingerprint density at radius 2 is 2.16 bits per heavy atom. The number of aliphatic carboxylic acids is 1. The summed E-state index contributed by atoms with van der Waals surface area (Å²) >= 11 is 0. The molecule has 1 saturated carbocycles. The van der Waals surface area contributed by atoms with Gasteiger partial charge in [0.25, 0.3) is 0 Å². The summed E-state index contributed by atoms with van der Waals surface area (Å²) in [7, 11) is 0. The molecule has 2 rings (SSSR count). The molecule has 0 spiro atoms. The van der Waals surface area contributed by atoms with Crippen LogP contribution in [-0.4, -0.2) is 46.7 Å². The predicted octanol–water partition coefficient (Wildman–Crippen LogP) is 2.09. The summed E-state index contributed by atoms with van der Waals surface area (Å²) in [5.41, 5.74) is -0.681. The van der Waals surface area contributed by atoms with E-state index in [0.29, 0.717) is 12.1 Å². The highest BCUT2D eigenvalue weighted by Gasteiger charge is 2.47. The molecule has 2 N–H and O–H groups in total. The Balaban J connectivity index is 2.06. The number of carbonyl (C=O) groups is 1. The maximum absolute atomic E-state index is 11.6. The fourth-order valence-electron chi connectivity index (χ4n) is 3.95. The summed E-state index contributed by atoms with van der Waals surface area (Å²) in [5, 5.41) is 12.8. The maximum atomic E-state index is 11.6. The summed E-state index contributed by atoms with van der Waals surface area (Å²) < 4.78 is 0. The first-order chi connectivity index (χ1) is 9.00. The van der Waals surface area contributed by atoms with Gasteiger partial charge in [-0.1, -0.05) is 13.8 Å². The van der Waals surface area contributed by atoms with Crippen LogP contribution >= 0.6 is 0 Å². The molecular formula is C15H28N2O2. The molecule has 0 amide bonds. The third kappa shape index (κ3) is 2.79. The van der Waals surface area contributed by atoms with Gasteiger partial charge in [-0.05, 0) is 58.0 Å².